The van der Waals surface area contributed by atoms with Crippen LogP contribution < -0.4 is 5.48 Å². The van der Waals surface area contributed by atoms with Gasteiger partial charge >= 0.3 is 6.18 Å². The van der Waals surface area contributed by atoms with Crippen LogP contribution in [0.3, 0.4) is 0 Å². The van der Waals surface area contributed by atoms with E-state index in [1.807, 2.05) is 5.48 Å². The second-order valence-corrected chi connectivity index (χ2v) is 5.17. The zero-order valence-corrected chi connectivity index (χ0v) is 13.2. The van der Waals surface area contributed by atoms with Crippen LogP contribution in [0.2, 0.25) is 0 Å². The highest BCUT2D eigenvalue weighted by Crippen LogP contribution is 2.29. The van der Waals surface area contributed by atoms with Crippen LogP contribution in [0.25, 0.3) is 0 Å². The number of amides is 1. The zero-order chi connectivity index (χ0) is 20.2. The number of non-ortho nitro benzene ring substituents is 2. The fourth-order valence-corrected chi connectivity index (χ4v) is 2.02. The topological polar surface area (TPSA) is 125 Å². The first-order valence-electron chi connectivity index (χ1n) is 7.10. The van der Waals surface area contributed by atoms with Crippen molar-refractivity contribution in [3.63, 3.8) is 0 Å². The lowest BCUT2D eigenvalue weighted by Crippen LogP contribution is -2.23. The molecule has 0 aliphatic carbocycles. The van der Waals surface area contributed by atoms with E-state index in [2.05, 4.69) is 0 Å². The van der Waals surface area contributed by atoms with E-state index in [4.69, 9.17) is 4.84 Å². The van der Waals surface area contributed by atoms with Gasteiger partial charge in [0.05, 0.1) is 33.6 Å². The van der Waals surface area contributed by atoms with Crippen LogP contribution in [0.4, 0.5) is 24.5 Å². The van der Waals surface area contributed by atoms with Gasteiger partial charge in [0.25, 0.3) is 17.3 Å². The minimum absolute atomic E-state index is 0.107. The number of carbonyl (C=O) groups excluding carboxylic acids is 1. The number of hydroxylamine groups is 1. The van der Waals surface area contributed by atoms with Crippen molar-refractivity contribution in [2.45, 2.75) is 12.8 Å². The van der Waals surface area contributed by atoms with Crippen molar-refractivity contribution < 1.29 is 32.6 Å². The largest absolute Gasteiger partial charge is 0.416 e. The Bertz CT molecular complexity index is 868. The van der Waals surface area contributed by atoms with E-state index in [9.17, 15) is 38.2 Å². The molecule has 2 rings (SSSR count). The molecule has 9 nitrogen and oxygen atoms in total. The minimum Gasteiger partial charge on any atom is -0.269 e. The first-order chi connectivity index (χ1) is 12.6. The average Bonchev–Trinajstić information content (AvgIpc) is 2.60. The van der Waals surface area contributed by atoms with Crippen molar-refractivity contribution in [2.75, 3.05) is 0 Å². The molecule has 27 heavy (non-hydrogen) atoms. The minimum atomic E-state index is -4.54. The fourth-order valence-electron chi connectivity index (χ4n) is 2.02. The van der Waals surface area contributed by atoms with Gasteiger partial charge in [-0.25, -0.2) is 5.48 Å². The Morgan fingerprint density at radius 1 is 1.04 bits per heavy atom. The third kappa shape index (κ3) is 5.22. The van der Waals surface area contributed by atoms with Crippen LogP contribution in [0.5, 0.6) is 0 Å². The molecule has 0 saturated heterocycles. The molecule has 0 spiro atoms. The van der Waals surface area contributed by atoms with Crippen LogP contribution in [0.1, 0.15) is 21.5 Å². The van der Waals surface area contributed by atoms with E-state index in [0.717, 1.165) is 30.3 Å². The number of nitro benzene ring substituents is 2. The number of alkyl halides is 3. The summed E-state index contributed by atoms with van der Waals surface area (Å²) in [4.78, 5) is 36.5. The molecule has 2 aromatic rings. The van der Waals surface area contributed by atoms with Crippen molar-refractivity contribution in [2.24, 2.45) is 0 Å². The summed E-state index contributed by atoms with van der Waals surface area (Å²) in [5.41, 5.74) is -0.684. The standard InChI is InChI=1S/C15H10F3N3O6/c16-15(17,18)11-3-1-2-9(4-11)8-27-19-14(22)10-5-12(20(23)24)7-13(6-10)21(25)26/h1-7H,8H2,(H,19,22). The molecule has 0 unspecified atom stereocenters. The SMILES string of the molecule is O=C(NOCc1cccc(C(F)(F)F)c1)c1cc([N+](=O)[O-])cc([N+](=O)[O-])c1. The van der Waals surface area contributed by atoms with E-state index in [1.54, 1.807) is 0 Å². The van der Waals surface area contributed by atoms with Gasteiger partial charge in [-0.05, 0) is 17.7 Å². The normalized spacial score (nSPS) is 11.1. The fraction of sp³-hybridized carbons (Fsp3) is 0.133. The number of halogens is 3. The highest BCUT2D eigenvalue weighted by atomic mass is 19.4. The van der Waals surface area contributed by atoms with Crippen molar-refractivity contribution in [1.82, 2.24) is 5.48 Å². The molecule has 0 heterocycles. The maximum atomic E-state index is 12.6. The van der Waals surface area contributed by atoms with Crippen LogP contribution in [-0.2, 0) is 17.6 Å². The predicted octanol–water partition coefficient (Wildman–Crippen LogP) is 3.38. The second-order valence-electron chi connectivity index (χ2n) is 5.17. The van der Waals surface area contributed by atoms with Crippen LogP contribution >= 0.6 is 0 Å². The number of hydrogen-bond acceptors (Lipinski definition) is 6. The molecule has 0 aliphatic rings. The highest BCUT2D eigenvalue weighted by Gasteiger charge is 2.30. The Labute approximate surface area is 148 Å². The molecule has 0 aromatic heterocycles. The summed E-state index contributed by atoms with van der Waals surface area (Å²) in [6.45, 7) is -0.424. The van der Waals surface area contributed by atoms with Crippen LogP contribution in [-0.4, -0.2) is 15.8 Å². The summed E-state index contributed by atoms with van der Waals surface area (Å²) in [7, 11) is 0. The van der Waals surface area contributed by atoms with Crippen LogP contribution in [0.15, 0.2) is 42.5 Å². The summed E-state index contributed by atoms with van der Waals surface area (Å²) < 4.78 is 37.9. The Kier molecular flexibility index (Phi) is 5.70. The van der Waals surface area contributed by atoms with Gasteiger partial charge in [-0.15, -0.1) is 0 Å². The van der Waals surface area contributed by atoms with Gasteiger partial charge in [0, 0.05) is 12.1 Å². The number of hydrogen-bond donors (Lipinski definition) is 1. The van der Waals surface area contributed by atoms with Gasteiger partial charge < -0.3 is 0 Å². The van der Waals surface area contributed by atoms with Gasteiger partial charge in [-0.1, -0.05) is 12.1 Å². The summed E-state index contributed by atoms with van der Waals surface area (Å²) in [6, 6.07) is 6.47. The lowest BCUT2D eigenvalue weighted by Gasteiger charge is -2.09. The van der Waals surface area contributed by atoms with Crippen molar-refractivity contribution in [1.29, 1.82) is 0 Å². The summed E-state index contributed by atoms with van der Waals surface area (Å²) >= 11 is 0. The van der Waals surface area contributed by atoms with E-state index >= 15 is 0 Å². The van der Waals surface area contributed by atoms with Gasteiger partial charge in [0.15, 0.2) is 0 Å². The van der Waals surface area contributed by atoms with Crippen molar-refractivity contribution in [3.8, 4) is 0 Å². The lowest BCUT2D eigenvalue weighted by molar-refractivity contribution is -0.394. The maximum Gasteiger partial charge on any atom is 0.416 e. The number of nitro groups is 2. The first-order valence-corrected chi connectivity index (χ1v) is 7.10. The van der Waals surface area contributed by atoms with E-state index in [-0.39, 0.29) is 5.56 Å². The third-order valence-corrected chi connectivity index (χ3v) is 3.24. The van der Waals surface area contributed by atoms with Crippen LogP contribution in [0, 0.1) is 20.2 Å². The lowest BCUT2D eigenvalue weighted by atomic mass is 10.1. The summed E-state index contributed by atoms with van der Waals surface area (Å²) in [6.07, 6.45) is -4.54. The van der Waals surface area contributed by atoms with Gasteiger partial charge in [-0.2, -0.15) is 13.2 Å². The molecule has 0 atom stereocenters. The molecular formula is C15H10F3N3O6. The highest BCUT2D eigenvalue weighted by molar-refractivity contribution is 5.94. The smallest absolute Gasteiger partial charge is 0.269 e. The number of nitrogens with one attached hydrogen (secondary N) is 1. The summed E-state index contributed by atoms with van der Waals surface area (Å²) in [5.74, 6) is -1.03. The monoisotopic (exact) mass is 385 g/mol. The van der Waals surface area contributed by atoms with Gasteiger partial charge in [0.1, 0.15) is 0 Å². The number of rotatable bonds is 6. The van der Waals surface area contributed by atoms with Gasteiger partial charge in [0.2, 0.25) is 0 Å². The maximum absolute atomic E-state index is 12.6. The Morgan fingerprint density at radius 3 is 2.15 bits per heavy atom. The number of carbonyl (C=O) groups is 1. The zero-order valence-electron chi connectivity index (χ0n) is 13.2. The molecule has 0 saturated carbocycles. The Balaban J connectivity index is 2.08. The van der Waals surface area contributed by atoms with E-state index < -0.39 is 51.0 Å². The Hall–Kier alpha value is -3.54. The average molecular weight is 385 g/mol. The van der Waals surface area contributed by atoms with E-state index in [0.29, 0.717) is 6.07 Å². The van der Waals surface area contributed by atoms with Crippen molar-refractivity contribution in [3.05, 3.63) is 79.4 Å². The van der Waals surface area contributed by atoms with Crippen molar-refractivity contribution >= 4 is 17.3 Å². The molecule has 1 amide bonds. The molecule has 0 radical (unpaired) electrons. The quantitative estimate of drug-likeness (QED) is 0.600. The third-order valence-electron chi connectivity index (χ3n) is 3.24. The molecule has 12 heteroatoms. The second kappa shape index (κ2) is 7.78. The molecule has 2 aromatic carbocycles. The first kappa shape index (κ1) is 19.8. The van der Waals surface area contributed by atoms with Gasteiger partial charge in [-0.3, -0.25) is 29.9 Å². The predicted molar refractivity (Wildman–Crippen MR) is 83.5 cm³/mol. The molecule has 0 aliphatic heterocycles. The molecular weight excluding hydrogens is 375 g/mol. The number of nitrogens with zero attached hydrogens (tertiary/aromatic N) is 2. The molecule has 0 bridgehead atoms. The Morgan fingerprint density at radius 2 is 1.63 bits per heavy atom. The number of benzene rings is 2. The molecule has 1 N–H and O–H groups in total. The molecule has 142 valence electrons. The van der Waals surface area contributed by atoms with E-state index in [1.165, 1.54) is 6.07 Å². The summed E-state index contributed by atoms with van der Waals surface area (Å²) in [5, 5.41) is 21.6. The molecule has 0 fully saturated rings.